The maximum absolute atomic E-state index is 12.8. The van der Waals surface area contributed by atoms with Gasteiger partial charge in [-0.25, -0.2) is 18.8 Å². The highest BCUT2D eigenvalue weighted by Crippen LogP contribution is 2.49. The van der Waals surface area contributed by atoms with Crippen molar-refractivity contribution in [1.29, 1.82) is 0 Å². The van der Waals surface area contributed by atoms with E-state index in [1.807, 2.05) is 52.3 Å². The second-order valence-electron chi connectivity index (χ2n) is 18.9. The molecule has 0 aromatic carbocycles. The normalized spacial score (nSPS) is 30.8. The van der Waals surface area contributed by atoms with Crippen molar-refractivity contribution in [3.8, 4) is 0 Å². The van der Waals surface area contributed by atoms with Gasteiger partial charge in [0.1, 0.15) is 24.2 Å². The van der Waals surface area contributed by atoms with Crippen molar-refractivity contribution in [3.05, 3.63) is 0 Å². The molecule has 53 heavy (non-hydrogen) atoms. The number of piperidine rings is 2. The summed E-state index contributed by atoms with van der Waals surface area (Å²) in [5, 5.41) is 10.2. The van der Waals surface area contributed by atoms with Crippen LogP contribution in [-0.4, -0.2) is 212 Å². The molecule has 2 aliphatic carbocycles. The van der Waals surface area contributed by atoms with Crippen LogP contribution in [0, 0.1) is 10.8 Å². The van der Waals surface area contributed by atoms with Crippen LogP contribution in [0.3, 0.4) is 0 Å². The fraction of sp³-hybridized carbons (Fsp3) is 0.882. The van der Waals surface area contributed by atoms with Crippen LogP contribution in [0.15, 0.2) is 0 Å². The van der Waals surface area contributed by atoms with E-state index in [-0.39, 0.29) is 48.0 Å². The summed E-state index contributed by atoms with van der Waals surface area (Å²) in [6.45, 7) is 6.01. The van der Waals surface area contributed by atoms with Crippen molar-refractivity contribution in [2.24, 2.45) is 10.8 Å². The molecule has 6 saturated heterocycles. The zero-order valence-electron chi connectivity index (χ0n) is 32.6. The van der Waals surface area contributed by atoms with Gasteiger partial charge in [0.15, 0.2) is 0 Å². The van der Waals surface area contributed by atoms with Crippen LogP contribution in [0.25, 0.3) is 0 Å². The first-order valence-electron chi connectivity index (χ1n) is 18.9. The fourth-order valence-corrected chi connectivity index (χ4v) is 10.8. The highest BCUT2D eigenvalue weighted by Gasteiger charge is 2.56. The molecule has 4 bridgehead atoms. The Balaban J connectivity index is 0.000000161. The van der Waals surface area contributed by atoms with Crippen molar-refractivity contribution in [3.63, 3.8) is 0 Å². The van der Waals surface area contributed by atoms with Gasteiger partial charge < -0.3 is 39.3 Å². The van der Waals surface area contributed by atoms with E-state index in [9.17, 15) is 19.2 Å². The third-order valence-electron chi connectivity index (χ3n) is 12.4. The van der Waals surface area contributed by atoms with E-state index in [2.05, 4.69) is 34.5 Å². The number of rotatable bonds is 6. The van der Waals surface area contributed by atoms with E-state index in [1.165, 1.54) is 0 Å². The second kappa shape index (κ2) is 13.7. The number of hydrogen-bond acceptors (Lipinski definition) is 10. The SMILES string of the molecule is CN1CC2(CC(NC(=O)[C@@H]3CC[C@@H]4CN3C(=O)N4[N+](C)(C)C)C2)C1.CN1CC2(CC(NC(=O)[C@@H]3CC[C@@H]4CN3C(=O)N4[N+](C)(C)C)C2)C1.O=S(=O)([O-])[O-]. The fourth-order valence-electron chi connectivity index (χ4n) is 10.8. The Hall–Kier alpha value is -2.81. The molecule has 8 rings (SSSR count). The molecule has 0 aromatic rings. The monoisotopic (exact) mass is 768 g/mol. The van der Waals surface area contributed by atoms with E-state index in [1.54, 1.807) is 9.80 Å². The third-order valence-corrected chi connectivity index (χ3v) is 12.4. The number of quaternary nitrogens is 2. The topological polar surface area (TPSA) is 192 Å². The molecule has 6 aliphatic heterocycles. The molecule has 300 valence electrons. The van der Waals surface area contributed by atoms with E-state index in [0.29, 0.717) is 45.2 Å². The van der Waals surface area contributed by atoms with Gasteiger partial charge in [-0.15, -0.1) is 0 Å². The minimum Gasteiger partial charge on any atom is -0.759 e. The molecular weight excluding hydrogens is 709 g/mol. The lowest BCUT2D eigenvalue weighted by molar-refractivity contribution is -0.975. The predicted molar refractivity (Wildman–Crippen MR) is 190 cm³/mol. The Morgan fingerprint density at radius 1 is 0.642 bits per heavy atom. The summed E-state index contributed by atoms with van der Waals surface area (Å²) in [6, 6.07) is 0.522. The first kappa shape index (κ1) is 39.9. The van der Waals surface area contributed by atoms with Crippen molar-refractivity contribution in [2.45, 2.75) is 87.6 Å². The number of carbonyl (C=O) groups excluding carboxylic acids is 4. The molecule has 0 aromatic heterocycles. The minimum absolute atomic E-state index is 0.0100. The van der Waals surface area contributed by atoms with E-state index in [0.717, 1.165) is 77.5 Å². The van der Waals surface area contributed by atoms with Crippen LogP contribution in [0.2, 0.25) is 0 Å². The van der Waals surface area contributed by atoms with Gasteiger partial charge in [0.05, 0.1) is 42.3 Å². The number of carbonyl (C=O) groups is 4. The van der Waals surface area contributed by atoms with Crippen molar-refractivity contribution >= 4 is 34.3 Å². The summed E-state index contributed by atoms with van der Waals surface area (Å²) >= 11 is 0. The number of likely N-dealkylation sites (tertiary alicyclic amines) is 2. The van der Waals surface area contributed by atoms with Gasteiger partial charge in [0.2, 0.25) is 11.8 Å². The van der Waals surface area contributed by atoms with Gasteiger partial charge in [0, 0.05) is 61.8 Å². The average Bonchev–Trinajstić information content (AvgIpc) is 3.36. The average molecular weight is 769 g/mol. The maximum Gasteiger partial charge on any atom is 0.365 e. The lowest BCUT2D eigenvalue weighted by Crippen LogP contribution is -2.66. The van der Waals surface area contributed by atoms with Crippen LogP contribution in [0.1, 0.15) is 51.4 Å². The summed E-state index contributed by atoms with van der Waals surface area (Å²) < 4.78 is 35.1. The summed E-state index contributed by atoms with van der Waals surface area (Å²) in [7, 11) is 11.2. The van der Waals surface area contributed by atoms with Crippen LogP contribution in [0.5, 0.6) is 0 Å². The highest BCUT2D eigenvalue weighted by atomic mass is 32.3. The van der Waals surface area contributed by atoms with Gasteiger partial charge in [0.25, 0.3) is 0 Å². The number of nitrogens with one attached hydrogen (secondary N) is 2. The number of fused-ring (bicyclic) bond motifs is 4. The zero-order valence-corrected chi connectivity index (χ0v) is 33.4. The Morgan fingerprint density at radius 3 is 1.21 bits per heavy atom. The van der Waals surface area contributed by atoms with Gasteiger partial charge in [-0.1, -0.05) is 0 Å². The summed E-state index contributed by atoms with van der Waals surface area (Å²) in [4.78, 5) is 59.2. The van der Waals surface area contributed by atoms with E-state index >= 15 is 0 Å². The quantitative estimate of drug-likeness (QED) is 0.189. The molecular formula is C34H60N10O8S. The standard InChI is InChI=1S/2C17H29N5O2.H2O4S/c2*1-19-10-17(11-19)7-12(8-17)18-15(23)14-6-5-13-9-20(14)16(24)21(13)22(2,3)4;1-5(2,3)4/h2*12-14H,5-11H2,1-4H3;(H2,1,2,3,4)/t2*13-,14+;/m11./s1. The van der Waals surface area contributed by atoms with Gasteiger partial charge in [-0.2, -0.15) is 10.0 Å². The molecule has 18 nitrogen and oxygen atoms in total. The van der Waals surface area contributed by atoms with Crippen molar-refractivity contribution in [1.82, 2.24) is 40.3 Å². The smallest absolute Gasteiger partial charge is 0.365 e. The maximum atomic E-state index is 12.8. The molecule has 0 radical (unpaired) electrons. The van der Waals surface area contributed by atoms with Gasteiger partial charge in [-0.05, 0) is 76.3 Å². The lowest BCUT2D eigenvalue weighted by atomic mass is 9.61. The molecule has 0 unspecified atom stereocenters. The van der Waals surface area contributed by atoms with Crippen LogP contribution >= 0.6 is 0 Å². The zero-order chi connectivity index (χ0) is 39.1. The van der Waals surface area contributed by atoms with Crippen LogP contribution in [-0.2, 0) is 20.0 Å². The molecule has 8 fully saturated rings. The summed E-state index contributed by atoms with van der Waals surface area (Å²) in [5.41, 5.74) is 0.933. The summed E-state index contributed by atoms with van der Waals surface area (Å²) in [5.74, 6) is 0.107. The Kier molecular flexibility index (Phi) is 10.3. The number of hydrogen-bond donors (Lipinski definition) is 2. The number of nitrogens with zero attached hydrogens (tertiary/aromatic N) is 8. The molecule has 2 N–H and O–H groups in total. The van der Waals surface area contributed by atoms with Crippen molar-refractivity contribution in [2.75, 3.05) is 95.6 Å². The predicted octanol–water partition coefficient (Wildman–Crippen LogP) is -1.16. The Labute approximate surface area is 314 Å². The van der Waals surface area contributed by atoms with Crippen LogP contribution in [0.4, 0.5) is 9.59 Å². The molecule has 8 aliphatic rings. The van der Waals surface area contributed by atoms with Gasteiger partial charge in [-0.3, -0.25) is 18.0 Å². The van der Waals surface area contributed by atoms with Crippen LogP contribution < -0.4 is 10.6 Å². The molecule has 4 atom stereocenters. The Morgan fingerprint density at radius 2 is 0.943 bits per heavy atom. The van der Waals surface area contributed by atoms with Gasteiger partial charge >= 0.3 is 12.1 Å². The summed E-state index contributed by atoms with van der Waals surface area (Å²) in [6.07, 6.45) is 7.76. The molecule has 19 heteroatoms. The first-order chi connectivity index (χ1) is 24.4. The van der Waals surface area contributed by atoms with Crippen molar-refractivity contribution < 1.29 is 45.9 Å². The molecule has 2 saturated carbocycles. The van der Waals surface area contributed by atoms with E-state index in [4.69, 9.17) is 17.5 Å². The third kappa shape index (κ3) is 8.26. The molecule has 6 heterocycles. The Bertz CT molecular complexity index is 1450. The number of amides is 6. The molecule has 6 amide bonds. The lowest BCUT2D eigenvalue weighted by Gasteiger charge is -2.58. The largest absolute Gasteiger partial charge is 0.759 e. The minimum atomic E-state index is -5.17. The second-order valence-corrected chi connectivity index (χ2v) is 19.7. The number of urea groups is 2. The molecule has 2 spiro atoms. The highest BCUT2D eigenvalue weighted by molar-refractivity contribution is 7.79. The first-order valence-corrected chi connectivity index (χ1v) is 20.2. The van der Waals surface area contributed by atoms with E-state index < -0.39 is 10.4 Å².